The molecule has 1 spiro atoms. The van der Waals surface area contributed by atoms with Crippen LogP contribution in [0.4, 0.5) is 0 Å². The summed E-state index contributed by atoms with van der Waals surface area (Å²) in [6.45, 7) is 7.87. The van der Waals surface area contributed by atoms with Crippen molar-refractivity contribution in [2.24, 2.45) is 11.8 Å². The van der Waals surface area contributed by atoms with E-state index in [0.717, 1.165) is 19.3 Å². The van der Waals surface area contributed by atoms with E-state index in [1.54, 1.807) is 0 Å². The van der Waals surface area contributed by atoms with Gasteiger partial charge in [-0.1, -0.05) is 6.58 Å². The van der Waals surface area contributed by atoms with Gasteiger partial charge in [0.2, 0.25) is 0 Å². The van der Waals surface area contributed by atoms with Gasteiger partial charge in [-0.05, 0) is 39.5 Å². The minimum Gasteiger partial charge on any atom is -0.458 e. The van der Waals surface area contributed by atoms with Gasteiger partial charge in [0, 0.05) is 11.5 Å². The Kier molecular flexibility index (Phi) is 1.92. The van der Waals surface area contributed by atoms with Gasteiger partial charge in [0.15, 0.2) is 0 Å². The maximum atomic E-state index is 11.8. The molecular weight excluding hydrogens is 244 g/mol. The minimum absolute atomic E-state index is 0.0483. The summed E-state index contributed by atoms with van der Waals surface area (Å²) in [6.07, 6.45) is 3.08. The van der Waals surface area contributed by atoms with Crippen LogP contribution in [-0.4, -0.2) is 34.0 Å². The maximum Gasteiger partial charge on any atom is 0.334 e. The fourth-order valence-corrected chi connectivity index (χ4v) is 4.92. The highest BCUT2D eigenvalue weighted by molar-refractivity contribution is 5.91. The smallest absolute Gasteiger partial charge is 0.334 e. The van der Waals surface area contributed by atoms with Crippen LogP contribution in [0.15, 0.2) is 12.2 Å². The summed E-state index contributed by atoms with van der Waals surface area (Å²) in [6, 6.07) is 0. The van der Waals surface area contributed by atoms with Crippen LogP contribution in [0, 0.1) is 11.8 Å². The SMILES string of the molecule is C=C1C(=O)O[C@@H]2[C@@H]3C4(CC[C@@]3(C)O)O[C@@]4(C)CC[C@@H]12. The first-order chi connectivity index (χ1) is 8.81. The summed E-state index contributed by atoms with van der Waals surface area (Å²) in [5.74, 6) is -0.370. The third-order valence-electron chi connectivity index (χ3n) is 6.05. The van der Waals surface area contributed by atoms with Crippen LogP contribution in [0.5, 0.6) is 0 Å². The van der Waals surface area contributed by atoms with E-state index in [0.29, 0.717) is 12.0 Å². The first-order valence-corrected chi connectivity index (χ1v) is 7.13. The van der Waals surface area contributed by atoms with E-state index in [-0.39, 0.29) is 35.1 Å². The zero-order valence-corrected chi connectivity index (χ0v) is 11.4. The van der Waals surface area contributed by atoms with Crippen LogP contribution in [0.1, 0.15) is 39.5 Å². The number of epoxide rings is 1. The fraction of sp³-hybridized carbons (Fsp3) is 0.800. The number of carbonyl (C=O) groups is 1. The van der Waals surface area contributed by atoms with Crippen LogP contribution in [0.3, 0.4) is 0 Å². The normalized spacial score (nSPS) is 59.0. The summed E-state index contributed by atoms with van der Waals surface area (Å²) in [5.41, 5.74) is -0.695. The molecule has 6 atom stereocenters. The average Bonchev–Trinajstić information content (AvgIpc) is 2.70. The van der Waals surface area contributed by atoms with Crippen LogP contribution in [-0.2, 0) is 14.3 Å². The standard InChI is InChI=1S/C15H20O4/c1-8-9-4-5-14(3)15(19-14)7-6-13(2,17)11(15)10(9)18-12(8)16/h9-11,17H,1,4-7H2,2-3H3/t9-,10-,11-,13+,14-,15?/m0/s1. The summed E-state index contributed by atoms with van der Waals surface area (Å²) in [7, 11) is 0. The summed E-state index contributed by atoms with van der Waals surface area (Å²) >= 11 is 0. The second-order valence-corrected chi connectivity index (χ2v) is 7.10. The lowest BCUT2D eigenvalue weighted by Gasteiger charge is -2.33. The molecule has 2 aliphatic heterocycles. The molecule has 0 aromatic carbocycles. The first kappa shape index (κ1) is 11.9. The number of hydrogen-bond acceptors (Lipinski definition) is 4. The van der Waals surface area contributed by atoms with Crippen molar-refractivity contribution >= 4 is 5.97 Å². The molecule has 4 fully saturated rings. The molecule has 104 valence electrons. The quantitative estimate of drug-likeness (QED) is 0.410. The van der Waals surface area contributed by atoms with E-state index in [1.807, 2.05) is 6.92 Å². The second kappa shape index (κ2) is 3.07. The predicted octanol–water partition coefficient (Wildman–Crippen LogP) is 1.57. The lowest BCUT2D eigenvalue weighted by molar-refractivity contribution is -0.147. The molecule has 2 saturated heterocycles. The van der Waals surface area contributed by atoms with Crippen molar-refractivity contribution in [1.29, 1.82) is 0 Å². The highest BCUT2D eigenvalue weighted by atomic mass is 16.6. The molecule has 0 amide bonds. The topological polar surface area (TPSA) is 59.1 Å². The molecule has 4 aliphatic rings. The molecule has 2 saturated carbocycles. The van der Waals surface area contributed by atoms with Crippen molar-refractivity contribution in [1.82, 2.24) is 0 Å². The molecule has 19 heavy (non-hydrogen) atoms. The lowest BCUT2D eigenvalue weighted by Crippen LogP contribution is -2.46. The number of hydrogen-bond donors (Lipinski definition) is 1. The zero-order valence-electron chi connectivity index (χ0n) is 11.4. The van der Waals surface area contributed by atoms with Gasteiger partial charge in [0.1, 0.15) is 11.7 Å². The summed E-state index contributed by atoms with van der Waals surface area (Å²) in [5, 5.41) is 10.7. The van der Waals surface area contributed by atoms with Gasteiger partial charge in [-0.25, -0.2) is 4.79 Å². The van der Waals surface area contributed by atoms with Gasteiger partial charge in [0.05, 0.1) is 17.1 Å². The Morgan fingerprint density at radius 1 is 1.32 bits per heavy atom. The fourth-order valence-electron chi connectivity index (χ4n) is 4.92. The number of ether oxygens (including phenoxy) is 2. The second-order valence-electron chi connectivity index (χ2n) is 7.10. The van der Waals surface area contributed by atoms with Crippen LogP contribution < -0.4 is 0 Å². The Hall–Kier alpha value is -0.870. The number of fused-ring (bicyclic) bond motifs is 2. The third kappa shape index (κ3) is 1.20. The van der Waals surface area contributed by atoms with E-state index < -0.39 is 5.60 Å². The van der Waals surface area contributed by atoms with E-state index >= 15 is 0 Å². The molecule has 1 N–H and O–H groups in total. The van der Waals surface area contributed by atoms with Gasteiger partial charge in [-0.2, -0.15) is 0 Å². The van der Waals surface area contributed by atoms with Crippen LogP contribution in [0.2, 0.25) is 0 Å². The predicted molar refractivity (Wildman–Crippen MR) is 67.3 cm³/mol. The number of aliphatic hydroxyl groups is 1. The molecule has 0 bridgehead atoms. The van der Waals surface area contributed by atoms with Gasteiger partial charge in [0.25, 0.3) is 0 Å². The average molecular weight is 264 g/mol. The Bertz CT molecular complexity index is 496. The molecular formula is C15H20O4. The monoisotopic (exact) mass is 264 g/mol. The van der Waals surface area contributed by atoms with Gasteiger partial charge in [-0.15, -0.1) is 0 Å². The zero-order chi connectivity index (χ0) is 13.6. The molecule has 0 aromatic rings. The Balaban J connectivity index is 1.82. The van der Waals surface area contributed by atoms with Crippen molar-refractivity contribution < 1.29 is 19.4 Å². The van der Waals surface area contributed by atoms with Crippen molar-refractivity contribution in [2.45, 2.75) is 62.4 Å². The van der Waals surface area contributed by atoms with Gasteiger partial charge >= 0.3 is 5.97 Å². The minimum atomic E-state index is -0.823. The van der Waals surface area contributed by atoms with Crippen molar-refractivity contribution in [3.8, 4) is 0 Å². The highest BCUT2D eigenvalue weighted by Crippen LogP contribution is 2.69. The molecule has 1 unspecified atom stereocenters. The highest BCUT2D eigenvalue weighted by Gasteiger charge is 2.79. The van der Waals surface area contributed by atoms with Crippen molar-refractivity contribution in [2.75, 3.05) is 0 Å². The van der Waals surface area contributed by atoms with Crippen LogP contribution >= 0.6 is 0 Å². The summed E-state index contributed by atoms with van der Waals surface area (Å²) in [4.78, 5) is 11.8. The number of rotatable bonds is 0. The largest absolute Gasteiger partial charge is 0.458 e. The van der Waals surface area contributed by atoms with Crippen molar-refractivity contribution in [3.63, 3.8) is 0 Å². The number of carbonyl (C=O) groups excluding carboxylic acids is 1. The third-order valence-corrected chi connectivity index (χ3v) is 6.05. The molecule has 0 radical (unpaired) electrons. The van der Waals surface area contributed by atoms with E-state index in [2.05, 4.69) is 13.5 Å². The lowest BCUT2D eigenvalue weighted by atomic mass is 9.76. The first-order valence-electron chi connectivity index (χ1n) is 7.13. The number of esters is 1. The Labute approximate surface area is 112 Å². The van der Waals surface area contributed by atoms with E-state index in [4.69, 9.17) is 9.47 Å². The van der Waals surface area contributed by atoms with Gasteiger partial charge < -0.3 is 14.6 Å². The van der Waals surface area contributed by atoms with Crippen LogP contribution in [0.25, 0.3) is 0 Å². The Morgan fingerprint density at radius 2 is 2.05 bits per heavy atom. The molecule has 2 heterocycles. The van der Waals surface area contributed by atoms with Gasteiger partial charge in [-0.3, -0.25) is 0 Å². The molecule has 4 heteroatoms. The van der Waals surface area contributed by atoms with E-state index in [1.165, 1.54) is 0 Å². The molecule has 4 nitrogen and oxygen atoms in total. The summed E-state index contributed by atoms with van der Waals surface area (Å²) < 4.78 is 11.7. The Morgan fingerprint density at radius 3 is 2.79 bits per heavy atom. The molecule has 4 rings (SSSR count). The maximum absolute atomic E-state index is 11.8. The molecule has 2 aliphatic carbocycles. The molecule has 0 aromatic heterocycles. The van der Waals surface area contributed by atoms with Crippen molar-refractivity contribution in [3.05, 3.63) is 12.2 Å². The van der Waals surface area contributed by atoms with E-state index in [9.17, 15) is 9.90 Å².